The molecule has 0 aromatic rings. The lowest BCUT2D eigenvalue weighted by Gasteiger charge is -2.08. The highest BCUT2D eigenvalue weighted by molar-refractivity contribution is 5.06. The molecule has 0 saturated heterocycles. The molecule has 1 N–H and O–H groups in total. The molecule has 1 aliphatic carbocycles. The van der Waals surface area contributed by atoms with E-state index in [0.717, 1.165) is 5.92 Å². The third kappa shape index (κ3) is 1.25. The average Bonchev–Trinajstić information content (AvgIpc) is 2.38. The topological polar surface area (TPSA) is 12.0 Å². The summed E-state index contributed by atoms with van der Waals surface area (Å²) in [6, 6.07) is 0. The van der Waals surface area contributed by atoms with Gasteiger partial charge in [0.15, 0.2) is 0 Å². The normalized spacial score (nSPS) is 39.9. The van der Waals surface area contributed by atoms with Crippen molar-refractivity contribution in [1.82, 2.24) is 5.32 Å². The van der Waals surface area contributed by atoms with E-state index in [9.17, 15) is 0 Å². The van der Waals surface area contributed by atoms with Gasteiger partial charge in [-0.3, -0.25) is 0 Å². The number of terminal acetylenes is 1. The average molecular weight is 123 g/mol. The molecule has 1 fully saturated rings. The quantitative estimate of drug-likeness (QED) is 0.540. The summed E-state index contributed by atoms with van der Waals surface area (Å²) in [4.78, 5) is 0. The second kappa shape index (κ2) is 2.04. The fraction of sp³-hybridized carbons (Fsp3) is 0.750. The van der Waals surface area contributed by atoms with Crippen molar-refractivity contribution in [3.8, 4) is 12.3 Å². The molecule has 1 aliphatic rings. The lowest BCUT2D eigenvalue weighted by Crippen LogP contribution is -2.29. The van der Waals surface area contributed by atoms with Crippen LogP contribution in [0.2, 0.25) is 0 Å². The summed E-state index contributed by atoms with van der Waals surface area (Å²) < 4.78 is 0. The number of hydrogen-bond donors (Lipinski definition) is 1. The van der Waals surface area contributed by atoms with Crippen molar-refractivity contribution in [3.63, 3.8) is 0 Å². The van der Waals surface area contributed by atoms with Crippen LogP contribution >= 0.6 is 0 Å². The molecule has 0 spiro atoms. The van der Waals surface area contributed by atoms with Crippen molar-refractivity contribution in [2.75, 3.05) is 6.54 Å². The van der Waals surface area contributed by atoms with Gasteiger partial charge in [-0.1, -0.05) is 12.8 Å². The number of rotatable bonds is 2. The molecule has 0 aromatic heterocycles. The van der Waals surface area contributed by atoms with Gasteiger partial charge in [0.2, 0.25) is 0 Å². The zero-order valence-corrected chi connectivity index (χ0v) is 6.07. The van der Waals surface area contributed by atoms with Crippen molar-refractivity contribution in [2.24, 2.45) is 5.92 Å². The molecule has 1 saturated carbocycles. The molecule has 0 bridgehead atoms. The lowest BCUT2D eigenvalue weighted by molar-refractivity contribution is 0.539. The van der Waals surface area contributed by atoms with Gasteiger partial charge in [-0.2, -0.15) is 0 Å². The second-order valence-electron chi connectivity index (χ2n) is 3.08. The summed E-state index contributed by atoms with van der Waals surface area (Å²) in [7, 11) is 0. The van der Waals surface area contributed by atoms with E-state index >= 15 is 0 Å². The lowest BCUT2D eigenvalue weighted by atomic mass is 10.2. The van der Waals surface area contributed by atoms with Gasteiger partial charge in [0.25, 0.3) is 0 Å². The molecule has 0 radical (unpaired) electrons. The van der Waals surface area contributed by atoms with Crippen LogP contribution in [-0.2, 0) is 0 Å². The highest BCUT2D eigenvalue weighted by Crippen LogP contribution is 2.41. The third-order valence-corrected chi connectivity index (χ3v) is 2.25. The van der Waals surface area contributed by atoms with Crippen LogP contribution in [0.3, 0.4) is 0 Å². The highest BCUT2D eigenvalue weighted by atomic mass is 15.0. The van der Waals surface area contributed by atoms with E-state index in [-0.39, 0.29) is 0 Å². The Kier molecular flexibility index (Phi) is 1.50. The molecule has 0 amide bonds. The molecule has 0 heterocycles. The first-order chi connectivity index (χ1) is 4.19. The fourth-order valence-corrected chi connectivity index (χ4v) is 1.08. The van der Waals surface area contributed by atoms with Crippen LogP contribution in [0, 0.1) is 18.3 Å². The molecule has 50 valence electrons. The summed E-state index contributed by atoms with van der Waals surface area (Å²) in [5.41, 5.74) is 0.367. The summed E-state index contributed by atoms with van der Waals surface area (Å²) in [6.07, 6.45) is 6.37. The molecule has 1 heteroatoms. The Morgan fingerprint density at radius 2 is 2.44 bits per heavy atom. The maximum Gasteiger partial charge on any atom is 0.0578 e. The first kappa shape index (κ1) is 6.64. The minimum absolute atomic E-state index is 0.367. The van der Waals surface area contributed by atoms with Gasteiger partial charge < -0.3 is 5.32 Å². The third-order valence-electron chi connectivity index (χ3n) is 2.25. The van der Waals surface area contributed by atoms with Crippen molar-refractivity contribution >= 4 is 0 Å². The molecule has 1 nitrogen and oxygen atoms in total. The van der Waals surface area contributed by atoms with Gasteiger partial charge in [-0.05, 0) is 19.3 Å². The molecule has 0 aromatic carbocycles. The SMILES string of the molecule is C#CCNC1(C)CC1C. The minimum Gasteiger partial charge on any atom is -0.301 e. The largest absolute Gasteiger partial charge is 0.301 e. The van der Waals surface area contributed by atoms with E-state index < -0.39 is 0 Å². The van der Waals surface area contributed by atoms with Crippen molar-refractivity contribution in [1.29, 1.82) is 0 Å². The van der Waals surface area contributed by atoms with Crippen LogP contribution in [0.1, 0.15) is 20.3 Å². The van der Waals surface area contributed by atoms with E-state index in [1.165, 1.54) is 6.42 Å². The van der Waals surface area contributed by atoms with Crippen LogP contribution in [0.25, 0.3) is 0 Å². The van der Waals surface area contributed by atoms with Gasteiger partial charge >= 0.3 is 0 Å². The zero-order chi connectivity index (χ0) is 6.91. The van der Waals surface area contributed by atoms with Gasteiger partial charge in [-0.25, -0.2) is 0 Å². The predicted octanol–water partition coefficient (Wildman–Crippen LogP) is 1.01. The summed E-state index contributed by atoms with van der Waals surface area (Å²) in [5.74, 6) is 3.38. The zero-order valence-electron chi connectivity index (χ0n) is 6.07. The Hall–Kier alpha value is -0.480. The van der Waals surface area contributed by atoms with Gasteiger partial charge in [0.05, 0.1) is 6.54 Å². The van der Waals surface area contributed by atoms with E-state index in [4.69, 9.17) is 6.42 Å². The van der Waals surface area contributed by atoms with Crippen LogP contribution < -0.4 is 5.32 Å². The van der Waals surface area contributed by atoms with Crippen molar-refractivity contribution < 1.29 is 0 Å². The maximum absolute atomic E-state index is 5.10. The first-order valence-corrected chi connectivity index (χ1v) is 3.37. The Balaban J connectivity index is 2.23. The second-order valence-corrected chi connectivity index (χ2v) is 3.08. The van der Waals surface area contributed by atoms with Gasteiger partial charge in [0, 0.05) is 5.54 Å². The standard InChI is InChI=1S/C8H13N/c1-4-5-9-8(3)6-7(8)2/h1,7,9H,5-6H2,2-3H3. The molecule has 1 rings (SSSR count). The van der Waals surface area contributed by atoms with Gasteiger partial charge in [-0.15, -0.1) is 6.42 Å². The minimum atomic E-state index is 0.367. The molecule has 2 atom stereocenters. The smallest absolute Gasteiger partial charge is 0.0578 e. The van der Waals surface area contributed by atoms with Gasteiger partial charge in [0.1, 0.15) is 0 Å². The molecule has 9 heavy (non-hydrogen) atoms. The van der Waals surface area contributed by atoms with Crippen LogP contribution in [-0.4, -0.2) is 12.1 Å². The van der Waals surface area contributed by atoms with Crippen LogP contribution in [0.15, 0.2) is 0 Å². The Bertz CT molecular complexity index is 145. The van der Waals surface area contributed by atoms with Crippen LogP contribution in [0.5, 0.6) is 0 Å². The fourth-order valence-electron chi connectivity index (χ4n) is 1.08. The summed E-state index contributed by atoms with van der Waals surface area (Å²) >= 11 is 0. The summed E-state index contributed by atoms with van der Waals surface area (Å²) in [6.45, 7) is 5.17. The molecular weight excluding hydrogens is 110 g/mol. The van der Waals surface area contributed by atoms with E-state index in [2.05, 4.69) is 25.1 Å². The number of nitrogens with one attached hydrogen (secondary N) is 1. The number of hydrogen-bond acceptors (Lipinski definition) is 1. The van der Waals surface area contributed by atoms with E-state index in [0.29, 0.717) is 12.1 Å². The predicted molar refractivity (Wildman–Crippen MR) is 39.0 cm³/mol. The van der Waals surface area contributed by atoms with Crippen molar-refractivity contribution in [2.45, 2.75) is 25.8 Å². The maximum atomic E-state index is 5.10. The highest BCUT2D eigenvalue weighted by Gasteiger charge is 2.45. The van der Waals surface area contributed by atoms with E-state index in [1.54, 1.807) is 0 Å². The van der Waals surface area contributed by atoms with E-state index in [1.807, 2.05) is 0 Å². The first-order valence-electron chi connectivity index (χ1n) is 3.37. The molecule has 0 aliphatic heterocycles. The molecular formula is C8H13N. The Labute approximate surface area is 56.8 Å². The van der Waals surface area contributed by atoms with Crippen LogP contribution in [0.4, 0.5) is 0 Å². The Morgan fingerprint density at radius 1 is 1.89 bits per heavy atom. The Morgan fingerprint density at radius 3 is 2.78 bits per heavy atom. The summed E-state index contributed by atoms with van der Waals surface area (Å²) in [5, 5.41) is 3.30. The van der Waals surface area contributed by atoms with Crippen molar-refractivity contribution in [3.05, 3.63) is 0 Å². The molecule has 2 unspecified atom stereocenters. The monoisotopic (exact) mass is 123 g/mol.